The van der Waals surface area contributed by atoms with E-state index in [0.29, 0.717) is 0 Å². The number of hydrogen-bond acceptors (Lipinski definition) is 2. The van der Waals surface area contributed by atoms with Crippen molar-refractivity contribution in [1.29, 1.82) is 0 Å². The van der Waals surface area contributed by atoms with Gasteiger partial charge in [0.15, 0.2) is 0 Å². The first-order chi connectivity index (χ1) is 8.61. The molecule has 18 heavy (non-hydrogen) atoms. The topological polar surface area (TPSA) is 24.9 Å². The summed E-state index contributed by atoms with van der Waals surface area (Å²) in [5.41, 5.74) is 6.17. The number of hydrogen-bond donors (Lipinski definition) is 1. The first-order valence-electron chi connectivity index (χ1n) is 6.41. The largest absolute Gasteiger partial charge is 0.370 e. The zero-order valence-electron chi connectivity index (χ0n) is 11.5. The smallest absolute Gasteiger partial charge is 0.126 e. The molecular weight excluding hydrogens is 220 g/mol. The molecule has 1 aromatic carbocycles. The van der Waals surface area contributed by atoms with E-state index in [0.717, 1.165) is 18.1 Å². The molecule has 0 unspecified atom stereocenters. The Kier molecular flexibility index (Phi) is 3.66. The zero-order chi connectivity index (χ0) is 13.1. The summed E-state index contributed by atoms with van der Waals surface area (Å²) >= 11 is 0. The minimum atomic E-state index is 0.891. The molecule has 1 N–H and O–H groups in total. The van der Waals surface area contributed by atoms with Crippen LogP contribution in [0.4, 0.5) is 5.82 Å². The lowest BCUT2D eigenvalue weighted by atomic mass is 9.97. The van der Waals surface area contributed by atoms with Gasteiger partial charge >= 0.3 is 0 Å². The Morgan fingerprint density at radius 3 is 2.33 bits per heavy atom. The number of nitrogens with one attached hydrogen (secondary N) is 1. The molecule has 0 aliphatic heterocycles. The van der Waals surface area contributed by atoms with Gasteiger partial charge in [0.2, 0.25) is 0 Å². The third kappa shape index (κ3) is 2.53. The Balaban J connectivity index is 2.51. The van der Waals surface area contributed by atoms with Crippen LogP contribution in [0.2, 0.25) is 0 Å². The van der Waals surface area contributed by atoms with Gasteiger partial charge in [-0.1, -0.05) is 23.8 Å². The van der Waals surface area contributed by atoms with E-state index in [1.807, 2.05) is 6.07 Å². The van der Waals surface area contributed by atoms with E-state index >= 15 is 0 Å². The Labute approximate surface area is 109 Å². The summed E-state index contributed by atoms with van der Waals surface area (Å²) in [5, 5.41) is 3.26. The minimum absolute atomic E-state index is 0.891. The van der Waals surface area contributed by atoms with Gasteiger partial charge in [0, 0.05) is 12.1 Å². The summed E-state index contributed by atoms with van der Waals surface area (Å²) in [5.74, 6) is 0.939. The number of nitrogens with zero attached hydrogens (tertiary/aromatic N) is 1. The first kappa shape index (κ1) is 12.6. The molecule has 0 radical (unpaired) electrons. The number of rotatable bonds is 3. The van der Waals surface area contributed by atoms with Crippen molar-refractivity contribution in [2.24, 2.45) is 0 Å². The number of aromatic nitrogens is 1. The van der Waals surface area contributed by atoms with Crippen LogP contribution in [0, 0.1) is 20.8 Å². The first-order valence-corrected chi connectivity index (χ1v) is 6.41. The molecule has 2 aromatic rings. The number of pyridine rings is 1. The second-order valence-corrected chi connectivity index (χ2v) is 4.71. The second kappa shape index (κ2) is 5.21. The van der Waals surface area contributed by atoms with Crippen molar-refractivity contribution >= 4 is 5.82 Å². The Hall–Kier alpha value is -1.83. The Bertz CT molecular complexity index is 536. The van der Waals surface area contributed by atoms with E-state index in [1.165, 1.54) is 22.3 Å². The maximum atomic E-state index is 4.67. The normalized spacial score (nSPS) is 10.4. The van der Waals surface area contributed by atoms with Crippen LogP contribution in [-0.2, 0) is 0 Å². The number of benzene rings is 1. The van der Waals surface area contributed by atoms with Gasteiger partial charge in [-0.3, -0.25) is 0 Å². The van der Waals surface area contributed by atoms with Gasteiger partial charge in [-0.05, 0) is 51.0 Å². The van der Waals surface area contributed by atoms with E-state index in [4.69, 9.17) is 0 Å². The summed E-state index contributed by atoms with van der Waals surface area (Å²) < 4.78 is 0. The molecule has 0 aliphatic carbocycles. The fourth-order valence-electron chi connectivity index (χ4n) is 2.44. The van der Waals surface area contributed by atoms with Crippen molar-refractivity contribution in [3.8, 4) is 11.3 Å². The van der Waals surface area contributed by atoms with Crippen LogP contribution < -0.4 is 5.32 Å². The summed E-state index contributed by atoms with van der Waals surface area (Å²) in [7, 11) is 0. The van der Waals surface area contributed by atoms with E-state index in [-0.39, 0.29) is 0 Å². The highest BCUT2D eigenvalue weighted by Gasteiger charge is 2.08. The molecule has 1 aromatic heterocycles. The Morgan fingerprint density at radius 1 is 1.06 bits per heavy atom. The monoisotopic (exact) mass is 240 g/mol. The Morgan fingerprint density at radius 2 is 1.72 bits per heavy atom. The molecule has 0 fully saturated rings. The molecule has 2 rings (SSSR count). The third-order valence-electron chi connectivity index (χ3n) is 3.04. The molecular formula is C16H20N2. The van der Waals surface area contributed by atoms with Crippen LogP contribution in [-0.4, -0.2) is 11.5 Å². The van der Waals surface area contributed by atoms with Crippen LogP contribution in [0.25, 0.3) is 11.3 Å². The summed E-state index contributed by atoms with van der Waals surface area (Å²) in [4.78, 5) is 4.67. The quantitative estimate of drug-likeness (QED) is 0.873. The average Bonchev–Trinajstić information content (AvgIpc) is 2.28. The van der Waals surface area contributed by atoms with Crippen LogP contribution in [0.15, 0.2) is 30.3 Å². The van der Waals surface area contributed by atoms with Crippen molar-refractivity contribution in [3.63, 3.8) is 0 Å². The fourth-order valence-corrected chi connectivity index (χ4v) is 2.44. The molecule has 0 aliphatic rings. The van der Waals surface area contributed by atoms with Crippen LogP contribution in [0.5, 0.6) is 0 Å². The lowest BCUT2D eigenvalue weighted by Crippen LogP contribution is -2.00. The lowest BCUT2D eigenvalue weighted by Gasteiger charge is -2.12. The van der Waals surface area contributed by atoms with Crippen LogP contribution in [0.1, 0.15) is 23.6 Å². The highest BCUT2D eigenvalue weighted by Crippen LogP contribution is 2.27. The highest BCUT2D eigenvalue weighted by molar-refractivity contribution is 5.69. The molecule has 0 spiro atoms. The van der Waals surface area contributed by atoms with Crippen molar-refractivity contribution < 1.29 is 0 Å². The SMILES string of the molecule is CCNc1cccc(-c2c(C)cc(C)cc2C)n1. The maximum Gasteiger partial charge on any atom is 0.126 e. The summed E-state index contributed by atoms with van der Waals surface area (Å²) in [6, 6.07) is 10.6. The molecule has 0 saturated heterocycles. The fraction of sp³-hybridized carbons (Fsp3) is 0.312. The molecule has 0 bridgehead atoms. The third-order valence-corrected chi connectivity index (χ3v) is 3.04. The van der Waals surface area contributed by atoms with Gasteiger partial charge in [0.1, 0.15) is 5.82 Å². The molecule has 2 nitrogen and oxygen atoms in total. The summed E-state index contributed by atoms with van der Waals surface area (Å²) in [6.45, 7) is 9.40. The zero-order valence-corrected chi connectivity index (χ0v) is 11.5. The molecule has 0 saturated carbocycles. The highest BCUT2D eigenvalue weighted by atomic mass is 15.0. The van der Waals surface area contributed by atoms with E-state index in [9.17, 15) is 0 Å². The van der Waals surface area contributed by atoms with Gasteiger partial charge in [-0.25, -0.2) is 4.98 Å². The minimum Gasteiger partial charge on any atom is -0.370 e. The summed E-state index contributed by atoms with van der Waals surface area (Å²) in [6.07, 6.45) is 0. The van der Waals surface area contributed by atoms with Gasteiger partial charge in [-0.15, -0.1) is 0 Å². The van der Waals surface area contributed by atoms with Gasteiger partial charge in [0.25, 0.3) is 0 Å². The van der Waals surface area contributed by atoms with Crippen LogP contribution in [0.3, 0.4) is 0 Å². The predicted octanol–water partition coefficient (Wildman–Crippen LogP) is 4.11. The standard InChI is InChI=1S/C16H20N2/c1-5-17-15-8-6-7-14(18-15)16-12(3)9-11(2)10-13(16)4/h6-10H,5H2,1-4H3,(H,17,18). The van der Waals surface area contributed by atoms with Gasteiger partial charge in [-0.2, -0.15) is 0 Å². The number of anilines is 1. The molecule has 0 atom stereocenters. The van der Waals surface area contributed by atoms with Crippen molar-refractivity contribution in [3.05, 3.63) is 47.0 Å². The van der Waals surface area contributed by atoms with Gasteiger partial charge in [0.05, 0.1) is 5.69 Å². The predicted molar refractivity (Wildman–Crippen MR) is 78.0 cm³/mol. The van der Waals surface area contributed by atoms with Crippen molar-refractivity contribution in [2.45, 2.75) is 27.7 Å². The molecule has 1 heterocycles. The van der Waals surface area contributed by atoms with Crippen LogP contribution >= 0.6 is 0 Å². The van der Waals surface area contributed by atoms with Crippen molar-refractivity contribution in [2.75, 3.05) is 11.9 Å². The van der Waals surface area contributed by atoms with E-state index in [2.05, 4.69) is 62.3 Å². The van der Waals surface area contributed by atoms with E-state index < -0.39 is 0 Å². The van der Waals surface area contributed by atoms with Crippen molar-refractivity contribution in [1.82, 2.24) is 4.98 Å². The molecule has 2 heteroatoms. The maximum absolute atomic E-state index is 4.67. The second-order valence-electron chi connectivity index (χ2n) is 4.71. The molecule has 0 amide bonds. The molecule has 94 valence electrons. The average molecular weight is 240 g/mol. The lowest BCUT2D eigenvalue weighted by molar-refractivity contribution is 1.16. The number of aryl methyl sites for hydroxylation is 3. The van der Waals surface area contributed by atoms with Gasteiger partial charge < -0.3 is 5.32 Å². The van der Waals surface area contributed by atoms with E-state index in [1.54, 1.807) is 0 Å².